The third kappa shape index (κ3) is 3.21. The molecule has 0 bridgehead atoms. The molecule has 7 heteroatoms. The van der Waals surface area contributed by atoms with Crippen LogP contribution in [0.15, 0.2) is 18.2 Å². The Labute approximate surface area is 140 Å². The minimum absolute atomic E-state index is 0.0356. The first-order valence-corrected chi connectivity index (χ1v) is 8.30. The SMILES string of the molecule is CCC1(NC(=O)c2cc(N3CCNC3=O)ccc2F)CCOCC1. The van der Waals surface area contributed by atoms with Gasteiger partial charge in [0.25, 0.3) is 5.91 Å². The van der Waals surface area contributed by atoms with E-state index >= 15 is 0 Å². The van der Waals surface area contributed by atoms with Crippen molar-refractivity contribution in [3.8, 4) is 0 Å². The highest BCUT2D eigenvalue weighted by Gasteiger charge is 2.33. The lowest BCUT2D eigenvalue weighted by Crippen LogP contribution is -2.51. The lowest BCUT2D eigenvalue weighted by molar-refractivity contribution is 0.0344. The van der Waals surface area contributed by atoms with Gasteiger partial charge in [-0.05, 0) is 37.5 Å². The molecule has 2 aliphatic heterocycles. The highest BCUT2D eigenvalue weighted by atomic mass is 19.1. The molecule has 0 atom stereocenters. The third-order valence-electron chi connectivity index (χ3n) is 4.87. The largest absolute Gasteiger partial charge is 0.381 e. The van der Waals surface area contributed by atoms with E-state index in [-0.39, 0.29) is 17.1 Å². The first-order valence-electron chi connectivity index (χ1n) is 8.30. The van der Waals surface area contributed by atoms with Gasteiger partial charge < -0.3 is 15.4 Å². The van der Waals surface area contributed by atoms with Gasteiger partial charge >= 0.3 is 6.03 Å². The van der Waals surface area contributed by atoms with Crippen LogP contribution in [0.4, 0.5) is 14.9 Å². The van der Waals surface area contributed by atoms with E-state index in [2.05, 4.69) is 10.6 Å². The van der Waals surface area contributed by atoms with E-state index < -0.39 is 11.7 Å². The minimum atomic E-state index is -0.589. The molecule has 0 aromatic heterocycles. The van der Waals surface area contributed by atoms with E-state index in [4.69, 9.17) is 4.74 Å². The van der Waals surface area contributed by atoms with Crippen LogP contribution in [0, 0.1) is 5.82 Å². The number of benzene rings is 1. The van der Waals surface area contributed by atoms with Crippen molar-refractivity contribution in [3.63, 3.8) is 0 Å². The summed E-state index contributed by atoms with van der Waals surface area (Å²) in [6, 6.07) is 3.96. The predicted molar refractivity (Wildman–Crippen MR) is 87.7 cm³/mol. The fourth-order valence-corrected chi connectivity index (χ4v) is 3.21. The lowest BCUT2D eigenvalue weighted by atomic mass is 9.87. The van der Waals surface area contributed by atoms with Gasteiger partial charge in [0.05, 0.1) is 5.56 Å². The van der Waals surface area contributed by atoms with Crippen LogP contribution in [0.3, 0.4) is 0 Å². The molecular weight excluding hydrogens is 313 g/mol. The van der Waals surface area contributed by atoms with Gasteiger partial charge in [0.1, 0.15) is 5.82 Å². The summed E-state index contributed by atoms with van der Waals surface area (Å²) in [6.45, 7) is 4.22. The van der Waals surface area contributed by atoms with Crippen molar-refractivity contribution in [1.29, 1.82) is 0 Å². The molecule has 130 valence electrons. The smallest absolute Gasteiger partial charge is 0.321 e. The molecule has 0 radical (unpaired) electrons. The fraction of sp³-hybridized carbons (Fsp3) is 0.529. The molecule has 0 spiro atoms. The maximum Gasteiger partial charge on any atom is 0.321 e. The van der Waals surface area contributed by atoms with Crippen LogP contribution < -0.4 is 15.5 Å². The first kappa shape index (κ1) is 16.7. The van der Waals surface area contributed by atoms with Crippen LogP contribution in [0.1, 0.15) is 36.5 Å². The van der Waals surface area contributed by atoms with Crippen molar-refractivity contribution < 1.29 is 18.7 Å². The number of urea groups is 1. The summed E-state index contributed by atoms with van der Waals surface area (Å²) in [5.41, 5.74) is 0.128. The quantitative estimate of drug-likeness (QED) is 0.885. The molecule has 3 amide bonds. The number of nitrogens with zero attached hydrogens (tertiary/aromatic N) is 1. The number of rotatable bonds is 4. The third-order valence-corrected chi connectivity index (χ3v) is 4.87. The summed E-state index contributed by atoms with van der Waals surface area (Å²) in [7, 11) is 0. The Hall–Kier alpha value is -2.15. The summed E-state index contributed by atoms with van der Waals surface area (Å²) in [6.07, 6.45) is 2.19. The van der Waals surface area contributed by atoms with E-state index in [1.807, 2.05) is 6.92 Å². The monoisotopic (exact) mass is 335 g/mol. The number of hydrogen-bond donors (Lipinski definition) is 2. The van der Waals surface area contributed by atoms with Gasteiger partial charge in [-0.2, -0.15) is 0 Å². The molecule has 2 saturated heterocycles. The van der Waals surface area contributed by atoms with E-state index in [9.17, 15) is 14.0 Å². The molecule has 0 saturated carbocycles. The minimum Gasteiger partial charge on any atom is -0.381 e. The number of amides is 3. The van der Waals surface area contributed by atoms with Gasteiger partial charge in [0.15, 0.2) is 0 Å². The standard InChI is InChI=1S/C17H22FN3O3/c1-2-17(5-9-24-10-6-17)20-15(22)13-11-12(3-4-14(13)18)21-8-7-19-16(21)23/h3-4,11H,2,5-10H2,1H3,(H,19,23)(H,20,22). The highest BCUT2D eigenvalue weighted by molar-refractivity contribution is 5.99. The van der Waals surface area contributed by atoms with Crippen LogP contribution in [0.5, 0.6) is 0 Å². The van der Waals surface area contributed by atoms with Crippen LogP contribution >= 0.6 is 0 Å². The molecule has 0 unspecified atom stereocenters. The second kappa shape index (κ2) is 6.76. The molecule has 2 N–H and O–H groups in total. The van der Waals surface area contributed by atoms with Crippen LogP contribution in [-0.4, -0.2) is 43.8 Å². The van der Waals surface area contributed by atoms with Gasteiger partial charge in [0.2, 0.25) is 0 Å². The van der Waals surface area contributed by atoms with Crippen LogP contribution in [0.2, 0.25) is 0 Å². The van der Waals surface area contributed by atoms with Crippen molar-refractivity contribution >= 4 is 17.6 Å². The van der Waals surface area contributed by atoms with Gasteiger partial charge in [-0.15, -0.1) is 0 Å². The summed E-state index contributed by atoms with van der Waals surface area (Å²) >= 11 is 0. The van der Waals surface area contributed by atoms with Gasteiger partial charge in [-0.25, -0.2) is 9.18 Å². The van der Waals surface area contributed by atoms with Crippen molar-refractivity contribution in [2.45, 2.75) is 31.7 Å². The molecule has 2 fully saturated rings. The average molecular weight is 335 g/mol. The summed E-state index contributed by atoms with van der Waals surface area (Å²) in [5, 5.41) is 5.68. The fourth-order valence-electron chi connectivity index (χ4n) is 3.21. The van der Waals surface area contributed by atoms with Crippen LogP contribution in [-0.2, 0) is 4.74 Å². The van der Waals surface area contributed by atoms with Crippen LogP contribution in [0.25, 0.3) is 0 Å². The molecule has 6 nitrogen and oxygen atoms in total. The first-order chi connectivity index (χ1) is 11.5. The summed E-state index contributed by atoms with van der Waals surface area (Å²) in [5.74, 6) is -1.04. The molecular formula is C17H22FN3O3. The highest BCUT2D eigenvalue weighted by Crippen LogP contribution is 2.26. The number of hydrogen-bond acceptors (Lipinski definition) is 3. The molecule has 0 aliphatic carbocycles. The Bertz CT molecular complexity index is 644. The van der Waals surface area contributed by atoms with Crippen molar-refractivity contribution in [2.24, 2.45) is 0 Å². The number of carbonyl (C=O) groups is 2. The second-order valence-electron chi connectivity index (χ2n) is 6.25. The Morgan fingerprint density at radius 2 is 2.17 bits per heavy atom. The van der Waals surface area contributed by atoms with Gasteiger partial charge in [-0.3, -0.25) is 9.69 Å². The lowest BCUT2D eigenvalue weighted by Gasteiger charge is -2.37. The Morgan fingerprint density at radius 3 is 2.79 bits per heavy atom. The summed E-state index contributed by atoms with van der Waals surface area (Å²) in [4.78, 5) is 25.9. The Morgan fingerprint density at radius 1 is 1.42 bits per heavy atom. The molecule has 24 heavy (non-hydrogen) atoms. The number of ether oxygens (including phenoxy) is 1. The molecule has 3 rings (SSSR count). The molecule has 2 heterocycles. The van der Waals surface area contributed by atoms with Gasteiger partial charge in [0, 0.05) is 37.5 Å². The van der Waals surface area contributed by atoms with E-state index in [1.165, 1.54) is 23.1 Å². The van der Waals surface area contributed by atoms with E-state index in [1.54, 1.807) is 0 Å². The van der Waals surface area contributed by atoms with Crippen molar-refractivity contribution in [3.05, 3.63) is 29.6 Å². The molecule has 2 aliphatic rings. The van der Waals surface area contributed by atoms with Crippen molar-refractivity contribution in [1.82, 2.24) is 10.6 Å². The maximum absolute atomic E-state index is 14.2. The van der Waals surface area contributed by atoms with Gasteiger partial charge in [-0.1, -0.05) is 6.92 Å². The predicted octanol–water partition coefficient (Wildman–Crippen LogP) is 2.04. The zero-order valence-corrected chi connectivity index (χ0v) is 13.7. The number of carbonyl (C=O) groups excluding carboxylic acids is 2. The topological polar surface area (TPSA) is 70.7 Å². The average Bonchev–Trinajstić information content (AvgIpc) is 3.02. The van der Waals surface area contributed by atoms with E-state index in [0.717, 1.165) is 6.42 Å². The number of anilines is 1. The number of nitrogens with one attached hydrogen (secondary N) is 2. The zero-order chi connectivity index (χ0) is 17.2. The Kier molecular flexibility index (Phi) is 4.71. The summed E-state index contributed by atoms with van der Waals surface area (Å²) < 4.78 is 19.5. The second-order valence-corrected chi connectivity index (χ2v) is 6.25. The van der Waals surface area contributed by atoms with E-state index in [0.29, 0.717) is 44.8 Å². The molecule has 1 aromatic carbocycles. The zero-order valence-electron chi connectivity index (χ0n) is 13.7. The molecule has 1 aromatic rings. The number of halogens is 1. The van der Waals surface area contributed by atoms with Crippen molar-refractivity contribution in [2.75, 3.05) is 31.2 Å². The maximum atomic E-state index is 14.2. The Balaban J connectivity index is 1.82. The normalized spacial score (nSPS) is 19.9.